The smallest absolute Gasteiger partial charge is 0.290 e. The van der Waals surface area contributed by atoms with Crippen molar-refractivity contribution >= 4 is 10.9 Å². The fourth-order valence-electron chi connectivity index (χ4n) is 2.30. The molecular weight excluding hydrogens is 263 g/mol. The van der Waals surface area contributed by atoms with Crippen LogP contribution in [0.5, 0.6) is 0 Å². The summed E-state index contributed by atoms with van der Waals surface area (Å²) in [6.45, 7) is -0.466. The van der Waals surface area contributed by atoms with Crippen molar-refractivity contribution in [1.82, 2.24) is 4.57 Å². The summed E-state index contributed by atoms with van der Waals surface area (Å²) in [4.78, 5) is 0. The Bertz CT molecular complexity index is 732. The summed E-state index contributed by atoms with van der Waals surface area (Å²) in [7, 11) is 0. The topological polar surface area (TPSA) is 4.93 Å². The molecule has 102 valence electrons. The van der Waals surface area contributed by atoms with Gasteiger partial charge in [0.25, 0.3) is 5.92 Å². The van der Waals surface area contributed by atoms with Gasteiger partial charge >= 0.3 is 0 Å². The van der Waals surface area contributed by atoms with Crippen LogP contribution in [-0.4, -0.2) is 4.57 Å². The molecule has 2 aromatic carbocycles. The van der Waals surface area contributed by atoms with Gasteiger partial charge in [0.1, 0.15) is 5.82 Å². The Hall–Kier alpha value is -2.23. The molecule has 0 unspecified atom stereocenters. The van der Waals surface area contributed by atoms with Crippen molar-refractivity contribution in [2.75, 3.05) is 0 Å². The molecule has 0 saturated carbocycles. The number of rotatable bonds is 3. The van der Waals surface area contributed by atoms with Gasteiger partial charge < -0.3 is 4.57 Å². The van der Waals surface area contributed by atoms with E-state index in [1.807, 2.05) is 0 Å². The first-order valence-electron chi connectivity index (χ1n) is 6.24. The molecule has 0 fully saturated rings. The number of halogens is 3. The number of hydrogen-bond acceptors (Lipinski definition) is 0. The van der Waals surface area contributed by atoms with Crippen molar-refractivity contribution < 1.29 is 13.2 Å². The zero-order chi connectivity index (χ0) is 14.2. The minimum atomic E-state index is -2.97. The zero-order valence-corrected chi connectivity index (χ0v) is 10.6. The van der Waals surface area contributed by atoms with E-state index in [9.17, 15) is 13.2 Å². The molecule has 4 heteroatoms. The monoisotopic (exact) mass is 275 g/mol. The summed E-state index contributed by atoms with van der Waals surface area (Å²) >= 11 is 0. The lowest BCUT2D eigenvalue weighted by Crippen LogP contribution is -2.20. The summed E-state index contributed by atoms with van der Waals surface area (Å²) in [6, 6.07) is 13.5. The van der Waals surface area contributed by atoms with E-state index >= 15 is 0 Å². The predicted octanol–water partition coefficient (Wildman–Crippen LogP) is 4.57. The van der Waals surface area contributed by atoms with Crippen molar-refractivity contribution in [3.63, 3.8) is 0 Å². The third-order valence-electron chi connectivity index (χ3n) is 3.30. The molecule has 0 saturated heterocycles. The Labute approximate surface area is 114 Å². The van der Waals surface area contributed by atoms with Gasteiger partial charge in [-0.3, -0.25) is 0 Å². The molecule has 0 aliphatic rings. The van der Waals surface area contributed by atoms with Crippen LogP contribution in [0, 0.1) is 5.82 Å². The van der Waals surface area contributed by atoms with Gasteiger partial charge in [0.2, 0.25) is 0 Å². The first-order valence-corrected chi connectivity index (χ1v) is 6.24. The van der Waals surface area contributed by atoms with Crippen molar-refractivity contribution in [3.8, 4) is 0 Å². The van der Waals surface area contributed by atoms with E-state index in [1.165, 1.54) is 34.9 Å². The Morgan fingerprint density at radius 1 is 0.950 bits per heavy atom. The molecule has 1 heterocycles. The van der Waals surface area contributed by atoms with Crippen LogP contribution in [0.3, 0.4) is 0 Å². The van der Waals surface area contributed by atoms with E-state index in [2.05, 4.69) is 0 Å². The summed E-state index contributed by atoms with van der Waals surface area (Å²) in [5, 5.41) is 0.619. The molecular formula is C16H12F3N. The molecule has 1 aromatic heterocycles. The Kier molecular flexibility index (Phi) is 3.01. The van der Waals surface area contributed by atoms with Gasteiger partial charge in [-0.25, -0.2) is 4.39 Å². The van der Waals surface area contributed by atoms with Crippen molar-refractivity contribution in [2.45, 2.75) is 12.5 Å². The third kappa shape index (κ3) is 2.29. The maximum absolute atomic E-state index is 14.2. The number of hydrogen-bond donors (Lipinski definition) is 0. The van der Waals surface area contributed by atoms with E-state index in [-0.39, 0.29) is 11.4 Å². The van der Waals surface area contributed by atoms with Gasteiger partial charge in [0.15, 0.2) is 0 Å². The van der Waals surface area contributed by atoms with E-state index in [0.717, 1.165) is 0 Å². The minimum absolute atomic E-state index is 0.0241. The molecule has 0 aliphatic carbocycles. The molecule has 0 N–H and O–H groups in total. The average Bonchev–Trinajstić information content (AvgIpc) is 2.81. The molecule has 0 atom stereocenters. The van der Waals surface area contributed by atoms with Crippen LogP contribution in [-0.2, 0) is 12.5 Å². The lowest BCUT2D eigenvalue weighted by Gasteiger charge is -2.18. The normalized spacial score (nSPS) is 11.9. The van der Waals surface area contributed by atoms with Crippen LogP contribution < -0.4 is 0 Å². The van der Waals surface area contributed by atoms with Crippen molar-refractivity contribution in [1.29, 1.82) is 0 Å². The second-order valence-corrected chi connectivity index (χ2v) is 4.72. The van der Waals surface area contributed by atoms with E-state index in [1.54, 1.807) is 30.5 Å². The van der Waals surface area contributed by atoms with Crippen molar-refractivity contribution in [3.05, 3.63) is 72.2 Å². The van der Waals surface area contributed by atoms with Crippen molar-refractivity contribution in [2.24, 2.45) is 0 Å². The highest BCUT2D eigenvalue weighted by atomic mass is 19.3. The minimum Gasteiger partial charge on any atom is -0.341 e. The third-order valence-corrected chi connectivity index (χ3v) is 3.30. The van der Waals surface area contributed by atoms with Crippen LogP contribution in [0.2, 0.25) is 0 Å². The van der Waals surface area contributed by atoms with Crippen LogP contribution in [0.15, 0.2) is 60.8 Å². The maximum Gasteiger partial charge on any atom is 0.290 e. The predicted molar refractivity (Wildman–Crippen MR) is 72.2 cm³/mol. The van der Waals surface area contributed by atoms with Crippen LogP contribution in [0.1, 0.15) is 5.56 Å². The maximum atomic E-state index is 14.2. The second kappa shape index (κ2) is 4.71. The quantitative estimate of drug-likeness (QED) is 0.659. The molecule has 3 aromatic rings. The summed E-state index contributed by atoms with van der Waals surface area (Å²) in [5.74, 6) is -3.34. The lowest BCUT2D eigenvalue weighted by molar-refractivity contribution is -0.0211. The standard InChI is InChI=1S/C16H12F3N/c17-14-6-7-15-12(10-14)8-9-20(15)11-16(18,19)13-4-2-1-3-5-13/h1-10H,11H2. The fraction of sp³-hybridized carbons (Fsp3) is 0.125. The molecule has 0 aliphatic heterocycles. The van der Waals surface area contributed by atoms with Crippen LogP contribution >= 0.6 is 0 Å². The Balaban J connectivity index is 1.97. The molecule has 3 rings (SSSR count). The van der Waals surface area contributed by atoms with Gasteiger partial charge in [0.05, 0.1) is 6.54 Å². The SMILES string of the molecule is Fc1ccc2c(ccn2CC(F)(F)c2ccccc2)c1. The molecule has 0 spiro atoms. The van der Waals surface area contributed by atoms with Crippen LogP contribution in [0.25, 0.3) is 10.9 Å². The number of benzene rings is 2. The van der Waals surface area contributed by atoms with E-state index in [4.69, 9.17) is 0 Å². The lowest BCUT2D eigenvalue weighted by atomic mass is 10.1. The van der Waals surface area contributed by atoms with Gasteiger partial charge in [-0.2, -0.15) is 8.78 Å². The molecule has 0 amide bonds. The van der Waals surface area contributed by atoms with Gasteiger partial charge in [-0.1, -0.05) is 30.3 Å². The highest BCUT2D eigenvalue weighted by molar-refractivity contribution is 5.80. The first-order chi connectivity index (χ1) is 9.56. The van der Waals surface area contributed by atoms with Gasteiger partial charge in [-0.15, -0.1) is 0 Å². The molecule has 0 bridgehead atoms. The fourth-order valence-corrected chi connectivity index (χ4v) is 2.30. The summed E-state index contributed by atoms with van der Waals surface area (Å²) in [6.07, 6.45) is 1.56. The number of fused-ring (bicyclic) bond motifs is 1. The first kappa shape index (κ1) is 12.8. The number of aromatic nitrogens is 1. The Morgan fingerprint density at radius 3 is 2.45 bits per heavy atom. The highest BCUT2D eigenvalue weighted by Crippen LogP contribution is 2.31. The molecule has 1 nitrogen and oxygen atoms in total. The summed E-state index contributed by atoms with van der Waals surface area (Å²) in [5.41, 5.74) is 0.575. The highest BCUT2D eigenvalue weighted by Gasteiger charge is 2.32. The summed E-state index contributed by atoms with van der Waals surface area (Å²) < 4.78 is 43.0. The second-order valence-electron chi connectivity index (χ2n) is 4.72. The van der Waals surface area contributed by atoms with Crippen LogP contribution in [0.4, 0.5) is 13.2 Å². The molecule has 0 radical (unpaired) electrons. The number of alkyl halides is 2. The number of nitrogens with zero attached hydrogens (tertiary/aromatic N) is 1. The van der Waals surface area contributed by atoms with Gasteiger partial charge in [0, 0.05) is 22.7 Å². The molecule has 20 heavy (non-hydrogen) atoms. The van der Waals surface area contributed by atoms with E-state index in [0.29, 0.717) is 10.9 Å². The van der Waals surface area contributed by atoms with E-state index < -0.39 is 12.5 Å². The zero-order valence-electron chi connectivity index (χ0n) is 10.6. The van der Waals surface area contributed by atoms with Gasteiger partial charge in [-0.05, 0) is 24.3 Å². The average molecular weight is 275 g/mol. The largest absolute Gasteiger partial charge is 0.341 e. The Morgan fingerprint density at radius 2 is 1.70 bits per heavy atom.